The monoisotopic (exact) mass is 261 g/mol. The summed E-state index contributed by atoms with van der Waals surface area (Å²) in [6.45, 7) is 0. The predicted octanol–water partition coefficient (Wildman–Crippen LogP) is 3.98. The van der Waals surface area contributed by atoms with E-state index >= 15 is 0 Å². The van der Waals surface area contributed by atoms with Gasteiger partial charge in [0.2, 0.25) is 0 Å². The van der Waals surface area contributed by atoms with Crippen molar-refractivity contribution in [3.05, 3.63) is 35.6 Å². The number of halogens is 1. The van der Waals surface area contributed by atoms with E-state index in [1.54, 1.807) is 12.1 Å². The maximum Gasteiger partial charge on any atom is 0.123 e. The van der Waals surface area contributed by atoms with Crippen molar-refractivity contribution in [1.82, 2.24) is 4.90 Å². The third-order valence-corrected chi connectivity index (χ3v) is 5.18. The molecule has 2 heteroatoms. The van der Waals surface area contributed by atoms with Crippen LogP contribution in [0.25, 0.3) is 0 Å². The number of hydrogen-bond acceptors (Lipinski definition) is 1. The molecule has 0 radical (unpaired) electrons. The number of likely N-dealkylation sites (N-methyl/N-ethyl adjacent to an activating group) is 1. The van der Waals surface area contributed by atoms with Gasteiger partial charge in [-0.25, -0.2) is 4.39 Å². The quantitative estimate of drug-likeness (QED) is 0.775. The van der Waals surface area contributed by atoms with Gasteiger partial charge in [0.1, 0.15) is 5.82 Å². The maximum absolute atomic E-state index is 13.2. The third kappa shape index (κ3) is 2.43. The SMILES string of the molecule is CN(C)[C@H](CC1CC1)C1(c2ccc(F)cc2)CCC1. The summed E-state index contributed by atoms with van der Waals surface area (Å²) in [4.78, 5) is 2.40. The Morgan fingerprint density at radius 2 is 1.84 bits per heavy atom. The van der Waals surface area contributed by atoms with Crippen LogP contribution in [0, 0.1) is 11.7 Å². The average molecular weight is 261 g/mol. The van der Waals surface area contributed by atoms with Crippen LogP contribution in [0.4, 0.5) is 4.39 Å². The maximum atomic E-state index is 13.2. The molecule has 0 heterocycles. The van der Waals surface area contributed by atoms with E-state index in [1.807, 2.05) is 12.1 Å². The van der Waals surface area contributed by atoms with Crippen molar-refractivity contribution in [3.63, 3.8) is 0 Å². The summed E-state index contributed by atoms with van der Waals surface area (Å²) in [7, 11) is 4.41. The van der Waals surface area contributed by atoms with Crippen molar-refractivity contribution in [2.24, 2.45) is 5.92 Å². The Labute approximate surface area is 115 Å². The van der Waals surface area contributed by atoms with Crippen molar-refractivity contribution in [1.29, 1.82) is 0 Å². The van der Waals surface area contributed by atoms with Crippen LogP contribution < -0.4 is 0 Å². The lowest BCUT2D eigenvalue weighted by atomic mass is 9.59. The van der Waals surface area contributed by atoms with Gasteiger partial charge in [-0.1, -0.05) is 31.4 Å². The van der Waals surface area contributed by atoms with E-state index < -0.39 is 0 Å². The first-order chi connectivity index (χ1) is 9.12. The molecule has 1 nitrogen and oxygen atoms in total. The summed E-state index contributed by atoms with van der Waals surface area (Å²) in [5, 5.41) is 0. The first-order valence-electron chi connectivity index (χ1n) is 7.54. The van der Waals surface area contributed by atoms with Gasteiger partial charge < -0.3 is 4.90 Å². The first kappa shape index (κ1) is 13.1. The second kappa shape index (κ2) is 4.90. The van der Waals surface area contributed by atoms with Gasteiger partial charge >= 0.3 is 0 Å². The summed E-state index contributed by atoms with van der Waals surface area (Å²) in [6.07, 6.45) is 7.95. The molecule has 19 heavy (non-hydrogen) atoms. The Kier molecular flexibility index (Phi) is 3.38. The first-order valence-corrected chi connectivity index (χ1v) is 7.54. The molecule has 104 valence electrons. The highest BCUT2D eigenvalue weighted by Crippen LogP contribution is 2.51. The van der Waals surface area contributed by atoms with Gasteiger partial charge in [0.15, 0.2) is 0 Å². The lowest BCUT2D eigenvalue weighted by Gasteiger charge is -2.51. The van der Waals surface area contributed by atoms with Crippen LogP contribution in [0.15, 0.2) is 24.3 Å². The molecule has 0 saturated heterocycles. The van der Waals surface area contributed by atoms with E-state index in [-0.39, 0.29) is 11.2 Å². The lowest BCUT2D eigenvalue weighted by molar-refractivity contribution is 0.0859. The number of hydrogen-bond donors (Lipinski definition) is 0. The zero-order valence-electron chi connectivity index (χ0n) is 12.0. The van der Waals surface area contributed by atoms with Crippen molar-refractivity contribution in [2.45, 2.75) is 50.0 Å². The molecule has 1 aromatic carbocycles. The fraction of sp³-hybridized carbons (Fsp3) is 0.647. The molecule has 0 aliphatic heterocycles. The van der Waals surface area contributed by atoms with Crippen LogP contribution in [-0.4, -0.2) is 25.0 Å². The smallest absolute Gasteiger partial charge is 0.123 e. The van der Waals surface area contributed by atoms with E-state index in [9.17, 15) is 4.39 Å². The number of benzene rings is 1. The topological polar surface area (TPSA) is 3.24 Å². The number of nitrogens with zero attached hydrogens (tertiary/aromatic N) is 1. The van der Waals surface area contributed by atoms with Crippen LogP contribution >= 0.6 is 0 Å². The van der Waals surface area contributed by atoms with E-state index in [2.05, 4.69) is 19.0 Å². The van der Waals surface area contributed by atoms with Gasteiger partial charge in [-0.05, 0) is 57.0 Å². The van der Waals surface area contributed by atoms with Gasteiger partial charge in [0.05, 0.1) is 0 Å². The normalized spacial score (nSPS) is 23.2. The summed E-state index contributed by atoms with van der Waals surface area (Å²) in [5.74, 6) is 0.812. The molecule has 0 bridgehead atoms. The van der Waals surface area contributed by atoms with Crippen LogP contribution in [0.5, 0.6) is 0 Å². The van der Waals surface area contributed by atoms with Gasteiger partial charge in [0, 0.05) is 11.5 Å². The average Bonchev–Trinajstić information content (AvgIpc) is 3.12. The highest BCUT2D eigenvalue weighted by molar-refractivity contribution is 5.31. The minimum atomic E-state index is -0.123. The van der Waals surface area contributed by atoms with Crippen molar-refractivity contribution in [3.8, 4) is 0 Å². The molecule has 0 N–H and O–H groups in total. The molecule has 0 amide bonds. The third-order valence-electron chi connectivity index (χ3n) is 5.18. The van der Waals surface area contributed by atoms with Crippen molar-refractivity contribution in [2.75, 3.05) is 14.1 Å². The number of rotatable bonds is 5. The van der Waals surface area contributed by atoms with Gasteiger partial charge in [0.25, 0.3) is 0 Å². The zero-order chi connectivity index (χ0) is 13.5. The Bertz CT molecular complexity index is 429. The minimum absolute atomic E-state index is 0.123. The molecule has 0 aromatic heterocycles. The molecular weight excluding hydrogens is 237 g/mol. The molecule has 1 aromatic rings. The minimum Gasteiger partial charge on any atom is -0.306 e. The molecule has 3 rings (SSSR count). The van der Waals surface area contributed by atoms with Crippen LogP contribution in [0.3, 0.4) is 0 Å². The van der Waals surface area contributed by atoms with Gasteiger partial charge in [-0.3, -0.25) is 0 Å². The van der Waals surface area contributed by atoms with Gasteiger partial charge in [-0.2, -0.15) is 0 Å². The summed E-state index contributed by atoms with van der Waals surface area (Å²) < 4.78 is 13.2. The second-order valence-corrected chi connectivity index (χ2v) is 6.68. The van der Waals surface area contributed by atoms with E-state index in [0.717, 1.165) is 5.92 Å². The Morgan fingerprint density at radius 3 is 2.26 bits per heavy atom. The Balaban J connectivity index is 1.89. The molecular formula is C17H24FN. The Hall–Kier alpha value is -0.890. The molecule has 2 fully saturated rings. The predicted molar refractivity (Wildman–Crippen MR) is 76.7 cm³/mol. The van der Waals surface area contributed by atoms with Crippen molar-refractivity contribution < 1.29 is 4.39 Å². The zero-order valence-corrected chi connectivity index (χ0v) is 12.0. The van der Waals surface area contributed by atoms with E-state index in [0.29, 0.717) is 6.04 Å². The largest absolute Gasteiger partial charge is 0.306 e. The lowest BCUT2D eigenvalue weighted by Crippen LogP contribution is -2.52. The fourth-order valence-corrected chi connectivity index (χ4v) is 3.75. The summed E-state index contributed by atoms with van der Waals surface area (Å²) in [6, 6.07) is 7.88. The molecule has 0 spiro atoms. The molecule has 2 saturated carbocycles. The summed E-state index contributed by atoms with van der Waals surface area (Å²) >= 11 is 0. The highest BCUT2D eigenvalue weighted by Gasteiger charge is 2.47. The standard InChI is InChI=1S/C17H24FN/c1-19(2)16(12-13-4-5-13)17(10-3-11-17)14-6-8-15(18)9-7-14/h6-9,13,16H,3-5,10-12H2,1-2H3/t16-/m1/s1. The molecule has 0 unspecified atom stereocenters. The van der Waals surface area contributed by atoms with Crippen molar-refractivity contribution >= 4 is 0 Å². The molecule has 1 atom stereocenters. The Morgan fingerprint density at radius 1 is 1.21 bits per heavy atom. The fourth-order valence-electron chi connectivity index (χ4n) is 3.75. The van der Waals surface area contributed by atoms with E-state index in [4.69, 9.17) is 0 Å². The van der Waals surface area contributed by atoms with Gasteiger partial charge in [-0.15, -0.1) is 0 Å². The van der Waals surface area contributed by atoms with E-state index in [1.165, 1.54) is 44.1 Å². The van der Waals surface area contributed by atoms with Crippen LogP contribution in [-0.2, 0) is 5.41 Å². The highest BCUT2D eigenvalue weighted by atomic mass is 19.1. The molecule has 2 aliphatic rings. The van der Waals surface area contributed by atoms with Crippen LogP contribution in [0.1, 0.15) is 44.1 Å². The second-order valence-electron chi connectivity index (χ2n) is 6.68. The molecule has 2 aliphatic carbocycles. The van der Waals surface area contributed by atoms with Crippen LogP contribution in [0.2, 0.25) is 0 Å². The summed E-state index contributed by atoms with van der Waals surface area (Å²) in [5.41, 5.74) is 1.62.